The highest BCUT2D eigenvalue weighted by Crippen LogP contribution is 2.33. The topological polar surface area (TPSA) is 81.4 Å². The lowest BCUT2D eigenvalue weighted by molar-refractivity contribution is -0.122. The molecule has 1 rings (SSSR count). The van der Waals surface area contributed by atoms with Gasteiger partial charge in [-0.1, -0.05) is 26.1 Å². The van der Waals surface area contributed by atoms with Gasteiger partial charge in [0.25, 0.3) is 0 Å². The number of methoxy groups -OCH3 is 1. The van der Waals surface area contributed by atoms with E-state index in [-0.39, 0.29) is 10.9 Å². The Hall–Kier alpha value is -1.47. The number of anilines is 1. The van der Waals surface area contributed by atoms with Crippen molar-refractivity contribution in [2.24, 2.45) is 11.1 Å². The maximum Gasteiger partial charge on any atom is 0.350 e. The molecule has 0 saturated carbocycles. The number of carbonyl (C=O) groups excluding carboxylic acids is 2. The quantitative estimate of drug-likeness (QED) is 0.620. The highest BCUT2D eigenvalue weighted by Gasteiger charge is 2.39. The maximum atomic E-state index is 12.6. The molecular weight excluding hydrogens is 308 g/mol. The average Bonchev–Trinajstić information content (AvgIpc) is 2.81. The Morgan fingerprint density at radius 1 is 1.43 bits per heavy atom. The van der Waals surface area contributed by atoms with Crippen molar-refractivity contribution in [3.8, 4) is 0 Å². The van der Waals surface area contributed by atoms with Crippen molar-refractivity contribution >= 4 is 46.1 Å². The molecule has 0 aromatic carbocycles. The molecule has 1 aromatic rings. The molecule has 5 nitrogen and oxygen atoms in total. The van der Waals surface area contributed by atoms with Gasteiger partial charge in [0.05, 0.1) is 23.2 Å². The summed E-state index contributed by atoms with van der Waals surface area (Å²) in [4.78, 5) is 24.9. The van der Waals surface area contributed by atoms with Gasteiger partial charge in [-0.25, -0.2) is 4.79 Å². The molecule has 0 radical (unpaired) electrons. The van der Waals surface area contributed by atoms with Gasteiger partial charge in [-0.3, -0.25) is 4.79 Å². The van der Waals surface area contributed by atoms with Crippen LogP contribution in [0, 0.1) is 12.3 Å². The molecule has 0 spiro atoms. The van der Waals surface area contributed by atoms with E-state index in [9.17, 15) is 9.59 Å². The van der Waals surface area contributed by atoms with Crippen LogP contribution in [0.2, 0.25) is 0 Å². The van der Waals surface area contributed by atoms with E-state index in [1.807, 2.05) is 20.8 Å². The van der Waals surface area contributed by atoms with Crippen molar-refractivity contribution < 1.29 is 14.3 Å². The fourth-order valence-corrected chi connectivity index (χ4v) is 3.41. The molecule has 1 aromatic heterocycles. The van der Waals surface area contributed by atoms with E-state index < -0.39 is 11.4 Å². The molecule has 1 amide bonds. The normalized spacial score (nSPS) is 11.0. The first-order chi connectivity index (χ1) is 9.83. The van der Waals surface area contributed by atoms with Gasteiger partial charge in [0.15, 0.2) is 0 Å². The smallest absolute Gasteiger partial charge is 0.350 e. The predicted molar refractivity (Wildman–Crippen MR) is 88.8 cm³/mol. The van der Waals surface area contributed by atoms with Crippen LogP contribution in [-0.2, 0) is 9.53 Å². The Bertz CT molecular complexity index is 563. The summed E-state index contributed by atoms with van der Waals surface area (Å²) < 4.78 is 4.73. The number of amides is 1. The summed E-state index contributed by atoms with van der Waals surface area (Å²) in [6.07, 6.45) is 1.00. The summed E-state index contributed by atoms with van der Waals surface area (Å²) in [5.74, 6) is -0.760. The zero-order valence-corrected chi connectivity index (χ0v) is 14.2. The second-order valence-corrected chi connectivity index (χ2v) is 6.04. The van der Waals surface area contributed by atoms with Crippen molar-refractivity contribution in [2.75, 3.05) is 12.4 Å². The van der Waals surface area contributed by atoms with Crippen LogP contribution >= 0.6 is 23.6 Å². The van der Waals surface area contributed by atoms with Gasteiger partial charge in [0.1, 0.15) is 4.88 Å². The molecule has 0 bridgehead atoms. The summed E-state index contributed by atoms with van der Waals surface area (Å²) in [5.41, 5.74) is 6.14. The Morgan fingerprint density at radius 3 is 2.43 bits per heavy atom. The molecule has 7 heteroatoms. The van der Waals surface area contributed by atoms with Crippen LogP contribution in [0.4, 0.5) is 5.69 Å². The number of hydrogen-bond acceptors (Lipinski definition) is 5. The van der Waals surface area contributed by atoms with E-state index in [1.165, 1.54) is 18.4 Å². The van der Waals surface area contributed by atoms with E-state index in [2.05, 4.69) is 5.32 Å². The SMILES string of the molecule is CCC(CC)(C(=O)Nc1c(C)csc1C(=O)OC)C(N)=S. The highest BCUT2D eigenvalue weighted by molar-refractivity contribution is 7.80. The van der Waals surface area contributed by atoms with E-state index >= 15 is 0 Å². The predicted octanol–water partition coefficient (Wildman–Crippen LogP) is 2.87. The number of thiophene rings is 1. The largest absolute Gasteiger partial charge is 0.465 e. The van der Waals surface area contributed by atoms with Gasteiger partial charge >= 0.3 is 5.97 Å². The molecule has 0 fully saturated rings. The fourth-order valence-electron chi connectivity index (χ4n) is 2.11. The van der Waals surface area contributed by atoms with Crippen LogP contribution in [0.3, 0.4) is 0 Å². The zero-order chi connectivity index (χ0) is 16.2. The molecule has 3 N–H and O–H groups in total. The summed E-state index contributed by atoms with van der Waals surface area (Å²) in [6.45, 7) is 5.55. The van der Waals surface area contributed by atoms with Gasteiger partial charge in [-0.2, -0.15) is 0 Å². The van der Waals surface area contributed by atoms with Gasteiger partial charge in [0.2, 0.25) is 5.91 Å². The zero-order valence-electron chi connectivity index (χ0n) is 12.6. The van der Waals surface area contributed by atoms with Gasteiger partial charge in [-0.15, -0.1) is 11.3 Å². The number of nitrogens with two attached hydrogens (primary N) is 1. The Balaban J connectivity index is 3.16. The van der Waals surface area contributed by atoms with Crippen LogP contribution < -0.4 is 11.1 Å². The van der Waals surface area contributed by atoms with Crippen molar-refractivity contribution in [3.63, 3.8) is 0 Å². The first-order valence-corrected chi connectivity index (χ1v) is 7.90. The molecule has 21 heavy (non-hydrogen) atoms. The number of esters is 1. The third-order valence-corrected chi connectivity index (χ3v) is 5.17. The van der Waals surface area contributed by atoms with Crippen LogP contribution in [0.1, 0.15) is 41.9 Å². The second kappa shape index (κ2) is 7.00. The second-order valence-electron chi connectivity index (χ2n) is 4.72. The lowest BCUT2D eigenvalue weighted by Gasteiger charge is -2.29. The molecule has 0 aliphatic rings. The van der Waals surface area contributed by atoms with Crippen molar-refractivity contribution in [1.29, 1.82) is 0 Å². The molecular formula is C14H20N2O3S2. The molecule has 0 aliphatic heterocycles. The van der Waals surface area contributed by atoms with Crippen LogP contribution in [0.5, 0.6) is 0 Å². The van der Waals surface area contributed by atoms with Gasteiger partial charge < -0.3 is 15.8 Å². The minimum absolute atomic E-state index is 0.164. The lowest BCUT2D eigenvalue weighted by atomic mass is 9.81. The van der Waals surface area contributed by atoms with Crippen molar-refractivity contribution in [1.82, 2.24) is 0 Å². The van der Waals surface area contributed by atoms with Crippen molar-refractivity contribution in [2.45, 2.75) is 33.6 Å². The third-order valence-electron chi connectivity index (χ3n) is 3.70. The minimum atomic E-state index is -0.906. The molecule has 0 unspecified atom stereocenters. The van der Waals surface area contributed by atoms with Crippen molar-refractivity contribution in [3.05, 3.63) is 15.8 Å². The summed E-state index contributed by atoms with van der Waals surface area (Å²) in [7, 11) is 1.31. The average molecular weight is 328 g/mol. The number of thiocarbonyl (C=S) groups is 1. The molecule has 0 aliphatic carbocycles. The number of carbonyl (C=O) groups is 2. The minimum Gasteiger partial charge on any atom is -0.465 e. The van der Waals surface area contributed by atoms with Crippen LogP contribution in [-0.4, -0.2) is 24.0 Å². The van der Waals surface area contributed by atoms with Gasteiger partial charge in [0, 0.05) is 0 Å². The standard InChI is InChI=1S/C14H20N2O3S2/c1-5-14(6-2,12(15)20)13(18)16-9-8(3)7-21-10(9)11(17)19-4/h7H,5-6H2,1-4H3,(H2,15,20)(H,16,18). The summed E-state index contributed by atoms with van der Waals surface area (Å²) >= 11 is 6.30. The summed E-state index contributed by atoms with van der Waals surface area (Å²) in [5, 5.41) is 4.60. The summed E-state index contributed by atoms with van der Waals surface area (Å²) in [6, 6.07) is 0. The number of hydrogen-bond donors (Lipinski definition) is 2. The fraction of sp³-hybridized carbons (Fsp3) is 0.500. The van der Waals surface area contributed by atoms with E-state index in [4.69, 9.17) is 22.7 Å². The van der Waals surface area contributed by atoms with Gasteiger partial charge in [-0.05, 0) is 30.7 Å². The number of ether oxygens (including phenoxy) is 1. The van der Waals surface area contributed by atoms with E-state index in [1.54, 1.807) is 5.38 Å². The number of aryl methyl sites for hydroxylation is 1. The van der Waals surface area contributed by atoms with E-state index in [0.717, 1.165) is 5.56 Å². The number of rotatable bonds is 6. The van der Waals surface area contributed by atoms with Crippen LogP contribution in [0.15, 0.2) is 5.38 Å². The molecule has 116 valence electrons. The molecule has 1 heterocycles. The molecule has 0 atom stereocenters. The first kappa shape index (κ1) is 17.6. The first-order valence-electron chi connectivity index (χ1n) is 6.61. The number of nitrogens with one attached hydrogen (secondary N) is 1. The third kappa shape index (κ3) is 3.24. The van der Waals surface area contributed by atoms with E-state index in [0.29, 0.717) is 23.4 Å². The Labute approximate surface area is 133 Å². The monoisotopic (exact) mass is 328 g/mol. The maximum absolute atomic E-state index is 12.6. The van der Waals surface area contributed by atoms with Crippen LogP contribution in [0.25, 0.3) is 0 Å². The Morgan fingerprint density at radius 2 is 2.00 bits per heavy atom. The molecule has 0 saturated heterocycles. The Kier molecular flexibility index (Phi) is 5.86. The lowest BCUT2D eigenvalue weighted by Crippen LogP contribution is -2.45. The highest BCUT2D eigenvalue weighted by atomic mass is 32.1.